The molecule has 1 aromatic heterocycles. The second-order valence-electron chi connectivity index (χ2n) is 5.39. The summed E-state index contributed by atoms with van der Waals surface area (Å²) in [6.07, 6.45) is 0. The van der Waals surface area contributed by atoms with Crippen LogP contribution in [0.4, 0.5) is 0 Å². The summed E-state index contributed by atoms with van der Waals surface area (Å²) in [5.41, 5.74) is 4.11. The lowest BCUT2D eigenvalue weighted by Gasteiger charge is -2.21. The van der Waals surface area contributed by atoms with Gasteiger partial charge in [-0.05, 0) is 51.8 Å². The van der Waals surface area contributed by atoms with E-state index in [4.69, 9.17) is 0 Å². The molecule has 2 heteroatoms. The number of hydrogen-bond donors (Lipinski definition) is 1. The van der Waals surface area contributed by atoms with Gasteiger partial charge in [-0.15, -0.1) is 11.3 Å². The molecule has 0 radical (unpaired) electrons. The molecule has 1 unspecified atom stereocenters. The highest BCUT2D eigenvalue weighted by molar-refractivity contribution is 7.12. The summed E-state index contributed by atoms with van der Waals surface area (Å²) in [7, 11) is 0. The SMILES string of the molecule is Cc1cccc([C@@H](C)NC(C)c2cc(C)sc2C)c1. The third-order valence-electron chi connectivity index (χ3n) is 3.59. The molecular formula is C17H23NS. The summed E-state index contributed by atoms with van der Waals surface area (Å²) in [5.74, 6) is 0. The lowest BCUT2D eigenvalue weighted by molar-refractivity contribution is 0.494. The maximum absolute atomic E-state index is 3.70. The maximum atomic E-state index is 3.70. The van der Waals surface area contributed by atoms with Crippen LogP contribution < -0.4 is 5.32 Å². The fourth-order valence-electron chi connectivity index (χ4n) is 2.58. The van der Waals surface area contributed by atoms with Gasteiger partial charge in [0, 0.05) is 21.8 Å². The minimum absolute atomic E-state index is 0.370. The molecule has 1 nitrogen and oxygen atoms in total. The second-order valence-corrected chi connectivity index (χ2v) is 6.85. The Labute approximate surface area is 120 Å². The average Bonchev–Trinajstić information content (AvgIpc) is 2.68. The van der Waals surface area contributed by atoms with Crippen molar-refractivity contribution in [1.82, 2.24) is 5.32 Å². The predicted molar refractivity (Wildman–Crippen MR) is 84.9 cm³/mol. The zero-order valence-electron chi connectivity index (χ0n) is 12.4. The first-order chi connectivity index (χ1) is 8.97. The van der Waals surface area contributed by atoms with Crippen molar-refractivity contribution in [1.29, 1.82) is 0 Å². The van der Waals surface area contributed by atoms with E-state index in [-0.39, 0.29) is 0 Å². The van der Waals surface area contributed by atoms with E-state index in [0.717, 1.165) is 0 Å². The molecule has 0 aliphatic heterocycles. The van der Waals surface area contributed by atoms with Crippen molar-refractivity contribution in [2.45, 2.75) is 46.7 Å². The number of thiophene rings is 1. The Balaban J connectivity index is 2.10. The van der Waals surface area contributed by atoms with Crippen LogP contribution in [0.5, 0.6) is 0 Å². The average molecular weight is 273 g/mol. The van der Waals surface area contributed by atoms with Gasteiger partial charge in [-0.2, -0.15) is 0 Å². The molecule has 0 fully saturated rings. The van der Waals surface area contributed by atoms with E-state index >= 15 is 0 Å². The highest BCUT2D eigenvalue weighted by Gasteiger charge is 2.14. The predicted octanol–water partition coefficient (Wildman–Crippen LogP) is 5.09. The molecule has 19 heavy (non-hydrogen) atoms. The van der Waals surface area contributed by atoms with Crippen LogP contribution in [-0.4, -0.2) is 0 Å². The minimum atomic E-state index is 0.370. The Bertz CT molecular complexity index is 556. The number of benzene rings is 1. The zero-order chi connectivity index (χ0) is 14.0. The van der Waals surface area contributed by atoms with Crippen LogP contribution in [0, 0.1) is 20.8 Å². The van der Waals surface area contributed by atoms with E-state index in [1.165, 1.54) is 26.4 Å². The summed E-state index contributed by atoms with van der Waals surface area (Å²) in [6.45, 7) is 11.0. The summed E-state index contributed by atoms with van der Waals surface area (Å²) in [6, 6.07) is 11.8. The Morgan fingerprint density at radius 3 is 2.32 bits per heavy atom. The smallest absolute Gasteiger partial charge is 0.0308 e. The van der Waals surface area contributed by atoms with Gasteiger partial charge >= 0.3 is 0 Å². The zero-order valence-corrected chi connectivity index (χ0v) is 13.3. The molecule has 2 atom stereocenters. The van der Waals surface area contributed by atoms with Crippen molar-refractivity contribution >= 4 is 11.3 Å². The molecular weight excluding hydrogens is 250 g/mol. The van der Waals surface area contributed by atoms with E-state index < -0.39 is 0 Å². The van der Waals surface area contributed by atoms with Crippen LogP contribution in [0.3, 0.4) is 0 Å². The third kappa shape index (κ3) is 3.46. The standard InChI is InChI=1S/C17H23NS/c1-11-7-6-8-16(9-11)13(3)18-14(4)17-10-12(2)19-15(17)5/h6-10,13-14,18H,1-5H3/t13-,14?/m1/s1. The van der Waals surface area contributed by atoms with Gasteiger partial charge in [-0.3, -0.25) is 0 Å². The van der Waals surface area contributed by atoms with Crippen molar-refractivity contribution in [2.24, 2.45) is 0 Å². The summed E-state index contributed by atoms with van der Waals surface area (Å²) in [4.78, 5) is 2.82. The molecule has 0 saturated heterocycles. The van der Waals surface area contributed by atoms with Crippen molar-refractivity contribution < 1.29 is 0 Å². The molecule has 0 spiro atoms. The molecule has 1 heterocycles. The largest absolute Gasteiger partial charge is 0.304 e. The van der Waals surface area contributed by atoms with Crippen LogP contribution in [0.1, 0.15) is 52.4 Å². The Hall–Kier alpha value is -1.12. The number of aryl methyl sites for hydroxylation is 3. The molecule has 0 aliphatic carbocycles. The van der Waals surface area contributed by atoms with Gasteiger partial charge in [-0.25, -0.2) is 0 Å². The van der Waals surface area contributed by atoms with Gasteiger partial charge in [0.25, 0.3) is 0 Å². The lowest BCUT2D eigenvalue weighted by atomic mass is 10.0. The number of rotatable bonds is 4. The van der Waals surface area contributed by atoms with Crippen LogP contribution in [0.15, 0.2) is 30.3 Å². The molecule has 0 aliphatic rings. The van der Waals surface area contributed by atoms with Gasteiger partial charge in [-0.1, -0.05) is 29.8 Å². The molecule has 2 aromatic rings. The Kier molecular flexibility index (Phi) is 4.43. The van der Waals surface area contributed by atoms with Crippen LogP contribution >= 0.6 is 11.3 Å². The third-order valence-corrected chi connectivity index (χ3v) is 4.57. The molecule has 1 aromatic carbocycles. The van der Waals surface area contributed by atoms with E-state index in [0.29, 0.717) is 12.1 Å². The minimum Gasteiger partial charge on any atom is -0.304 e. The normalized spacial score (nSPS) is 14.4. The van der Waals surface area contributed by atoms with Crippen LogP contribution in [-0.2, 0) is 0 Å². The van der Waals surface area contributed by atoms with E-state index in [2.05, 4.69) is 70.3 Å². The first-order valence-corrected chi connectivity index (χ1v) is 7.68. The van der Waals surface area contributed by atoms with Crippen molar-refractivity contribution in [3.63, 3.8) is 0 Å². The fraction of sp³-hybridized carbons (Fsp3) is 0.412. The highest BCUT2D eigenvalue weighted by atomic mass is 32.1. The summed E-state index contributed by atoms with van der Waals surface area (Å²) in [5, 5.41) is 3.70. The first kappa shape index (κ1) is 14.3. The Morgan fingerprint density at radius 1 is 1.00 bits per heavy atom. The quantitative estimate of drug-likeness (QED) is 0.818. The highest BCUT2D eigenvalue weighted by Crippen LogP contribution is 2.28. The van der Waals surface area contributed by atoms with Crippen molar-refractivity contribution in [3.8, 4) is 0 Å². The molecule has 1 N–H and O–H groups in total. The lowest BCUT2D eigenvalue weighted by Crippen LogP contribution is -2.22. The molecule has 0 bridgehead atoms. The van der Waals surface area contributed by atoms with Gasteiger partial charge in [0.15, 0.2) is 0 Å². The monoisotopic (exact) mass is 273 g/mol. The topological polar surface area (TPSA) is 12.0 Å². The van der Waals surface area contributed by atoms with E-state index in [9.17, 15) is 0 Å². The van der Waals surface area contributed by atoms with Gasteiger partial charge in [0.1, 0.15) is 0 Å². The molecule has 2 rings (SSSR count). The summed E-state index contributed by atoms with van der Waals surface area (Å²) < 4.78 is 0. The van der Waals surface area contributed by atoms with Crippen molar-refractivity contribution in [3.05, 3.63) is 56.8 Å². The molecule has 0 amide bonds. The first-order valence-electron chi connectivity index (χ1n) is 6.87. The Morgan fingerprint density at radius 2 is 1.74 bits per heavy atom. The maximum Gasteiger partial charge on any atom is 0.0308 e. The van der Waals surface area contributed by atoms with Gasteiger partial charge in [0.05, 0.1) is 0 Å². The number of hydrogen-bond acceptors (Lipinski definition) is 2. The summed E-state index contributed by atoms with van der Waals surface area (Å²) >= 11 is 1.88. The number of nitrogens with one attached hydrogen (secondary N) is 1. The second kappa shape index (κ2) is 5.89. The van der Waals surface area contributed by atoms with Crippen LogP contribution in [0.25, 0.3) is 0 Å². The van der Waals surface area contributed by atoms with Crippen molar-refractivity contribution in [2.75, 3.05) is 0 Å². The van der Waals surface area contributed by atoms with E-state index in [1.807, 2.05) is 11.3 Å². The fourth-order valence-corrected chi connectivity index (χ4v) is 3.60. The molecule has 102 valence electrons. The van der Waals surface area contributed by atoms with Gasteiger partial charge < -0.3 is 5.32 Å². The van der Waals surface area contributed by atoms with E-state index in [1.54, 1.807) is 0 Å². The molecule has 0 saturated carbocycles. The van der Waals surface area contributed by atoms with Crippen LogP contribution in [0.2, 0.25) is 0 Å². The van der Waals surface area contributed by atoms with Gasteiger partial charge in [0.2, 0.25) is 0 Å².